The standard InChI is InChI=1S/C20H28N2O/c23-17-19(18-10-4-1-5-11-18)16-20(21-12-6-2-7-13-21)22-14-8-3-9-15-22/h1,4-5,10-11,16-17,20H,2-3,6-9,12-15H2. The molecular weight excluding hydrogens is 284 g/mol. The first-order valence-electron chi connectivity index (χ1n) is 9.09. The van der Waals surface area contributed by atoms with Crippen molar-refractivity contribution in [1.29, 1.82) is 0 Å². The molecule has 0 saturated carbocycles. The van der Waals surface area contributed by atoms with Crippen LogP contribution in [0.5, 0.6) is 0 Å². The third kappa shape index (κ3) is 4.30. The Labute approximate surface area is 140 Å². The molecule has 2 saturated heterocycles. The molecule has 2 aliphatic rings. The number of likely N-dealkylation sites (tertiary alicyclic amines) is 2. The van der Waals surface area contributed by atoms with E-state index in [9.17, 15) is 4.79 Å². The first-order valence-corrected chi connectivity index (χ1v) is 9.09. The topological polar surface area (TPSA) is 23.6 Å². The average Bonchev–Trinajstić information content (AvgIpc) is 2.65. The summed E-state index contributed by atoms with van der Waals surface area (Å²) in [6.07, 6.45) is 11.3. The number of allylic oxidation sites excluding steroid dienone is 1. The summed E-state index contributed by atoms with van der Waals surface area (Å²) < 4.78 is 0. The van der Waals surface area contributed by atoms with Crippen LogP contribution >= 0.6 is 0 Å². The Bertz CT molecular complexity index is 496. The van der Waals surface area contributed by atoms with Gasteiger partial charge in [-0.2, -0.15) is 0 Å². The van der Waals surface area contributed by atoms with E-state index in [0.29, 0.717) is 0 Å². The van der Waals surface area contributed by atoms with E-state index in [1.54, 1.807) is 0 Å². The van der Waals surface area contributed by atoms with E-state index in [1.165, 1.54) is 38.5 Å². The smallest absolute Gasteiger partial charge is 0.150 e. The molecular formula is C20H28N2O. The minimum atomic E-state index is 0.274. The molecule has 0 atom stereocenters. The molecule has 2 aliphatic heterocycles. The van der Waals surface area contributed by atoms with Crippen LogP contribution in [0.3, 0.4) is 0 Å². The van der Waals surface area contributed by atoms with Gasteiger partial charge in [-0.05, 0) is 63.5 Å². The predicted octanol–water partition coefficient (Wildman–Crippen LogP) is 3.57. The molecule has 0 radical (unpaired) electrons. The average molecular weight is 312 g/mol. The van der Waals surface area contributed by atoms with Crippen molar-refractivity contribution in [2.45, 2.75) is 44.7 Å². The van der Waals surface area contributed by atoms with Crippen LogP contribution in [0.2, 0.25) is 0 Å². The van der Waals surface area contributed by atoms with Crippen LogP contribution in [0, 0.1) is 0 Å². The Balaban J connectivity index is 1.86. The summed E-state index contributed by atoms with van der Waals surface area (Å²) in [5, 5.41) is 0. The lowest BCUT2D eigenvalue weighted by atomic mass is 10.0. The second kappa shape index (κ2) is 8.42. The van der Waals surface area contributed by atoms with Gasteiger partial charge in [0.25, 0.3) is 0 Å². The van der Waals surface area contributed by atoms with Crippen molar-refractivity contribution >= 4 is 11.9 Å². The monoisotopic (exact) mass is 312 g/mol. The molecule has 0 N–H and O–H groups in total. The van der Waals surface area contributed by atoms with Crippen molar-refractivity contribution in [2.24, 2.45) is 0 Å². The molecule has 3 heteroatoms. The maximum atomic E-state index is 11.7. The molecule has 0 unspecified atom stereocenters. The minimum Gasteiger partial charge on any atom is -0.298 e. The summed E-state index contributed by atoms with van der Waals surface area (Å²) in [6, 6.07) is 10.1. The zero-order valence-corrected chi connectivity index (χ0v) is 14.0. The van der Waals surface area contributed by atoms with Crippen LogP contribution in [-0.2, 0) is 4.79 Å². The lowest BCUT2D eigenvalue weighted by Gasteiger charge is -2.42. The fourth-order valence-electron chi connectivity index (χ4n) is 3.80. The van der Waals surface area contributed by atoms with Gasteiger partial charge in [0.05, 0.1) is 6.17 Å². The van der Waals surface area contributed by atoms with Crippen LogP contribution in [0.4, 0.5) is 0 Å². The van der Waals surface area contributed by atoms with Crippen molar-refractivity contribution in [3.05, 3.63) is 42.0 Å². The van der Waals surface area contributed by atoms with Crippen molar-refractivity contribution in [3.63, 3.8) is 0 Å². The number of piperidine rings is 2. The molecule has 1 aromatic carbocycles. The summed E-state index contributed by atoms with van der Waals surface area (Å²) in [7, 11) is 0. The highest BCUT2D eigenvalue weighted by Crippen LogP contribution is 2.23. The maximum Gasteiger partial charge on any atom is 0.150 e. The number of aldehydes is 1. The van der Waals surface area contributed by atoms with Gasteiger partial charge in [0.15, 0.2) is 0 Å². The fourth-order valence-corrected chi connectivity index (χ4v) is 3.80. The molecule has 3 nitrogen and oxygen atoms in total. The normalized spacial score (nSPS) is 21.5. The molecule has 0 amide bonds. The van der Waals surface area contributed by atoms with E-state index in [0.717, 1.165) is 43.6 Å². The first-order chi connectivity index (χ1) is 11.4. The number of carbonyl (C=O) groups excluding carboxylic acids is 1. The number of benzene rings is 1. The fraction of sp³-hybridized carbons (Fsp3) is 0.550. The highest BCUT2D eigenvalue weighted by Gasteiger charge is 2.26. The van der Waals surface area contributed by atoms with E-state index >= 15 is 0 Å². The summed E-state index contributed by atoms with van der Waals surface area (Å²) in [5.74, 6) is 0. The summed E-state index contributed by atoms with van der Waals surface area (Å²) in [5.41, 5.74) is 1.85. The van der Waals surface area contributed by atoms with Gasteiger partial charge in [0.1, 0.15) is 6.29 Å². The molecule has 124 valence electrons. The largest absolute Gasteiger partial charge is 0.298 e. The second-order valence-corrected chi connectivity index (χ2v) is 6.71. The van der Waals surface area contributed by atoms with Gasteiger partial charge in [-0.1, -0.05) is 43.2 Å². The van der Waals surface area contributed by atoms with Crippen LogP contribution in [0.1, 0.15) is 44.1 Å². The number of rotatable bonds is 5. The number of carbonyl (C=O) groups is 1. The van der Waals surface area contributed by atoms with Gasteiger partial charge >= 0.3 is 0 Å². The van der Waals surface area contributed by atoms with Gasteiger partial charge in [-0.25, -0.2) is 0 Å². The molecule has 3 rings (SSSR count). The van der Waals surface area contributed by atoms with Crippen LogP contribution in [-0.4, -0.2) is 48.4 Å². The minimum absolute atomic E-state index is 0.274. The molecule has 0 aromatic heterocycles. The zero-order chi connectivity index (χ0) is 15.9. The molecule has 1 aromatic rings. The van der Waals surface area contributed by atoms with Crippen molar-refractivity contribution in [3.8, 4) is 0 Å². The van der Waals surface area contributed by atoms with Crippen molar-refractivity contribution < 1.29 is 4.79 Å². The molecule has 2 fully saturated rings. The van der Waals surface area contributed by atoms with E-state index in [4.69, 9.17) is 0 Å². The zero-order valence-electron chi connectivity index (χ0n) is 14.0. The maximum absolute atomic E-state index is 11.7. The summed E-state index contributed by atoms with van der Waals surface area (Å²) in [6.45, 7) is 4.61. The highest BCUT2D eigenvalue weighted by atomic mass is 16.1. The third-order valence-corrected chi connectivity index (χ3v) is 5.09. The van der Waals surface area contributed by atoms with Crippen LogP contribution in [0.15, 0.2) is 36.4 Å². The van der Waals surface area contributed by atoms with Crippen molar-refractivity contribution in [1.82, 2.24) is 9.80 Å². The quantitative estimate of drug-likeness (QED) is 0.613. The molecule has 2 heterocycles. The van der Waals surface area contributed by atoms with Gasteiger partial charge < -0.3 is 0 Å². The third-order valence-electron chi connectivity index (χ3n) is 5.09. The molecule has 0 bridgehead atoms. The summed E-state index contributed by atoms with van der Waals surface area (Å²) >= 11 is 0. The number of hydrogen-bond acceptors (Lipinski definition) is 3. The molecule has 0 aliphatic carbocycles. The van der Waals surface area contributed by atoms with E-state index in [-0.39, 0.29) is 6.17 Å². The Morgan fingerprint density at radius 1 is 0.826 bits per heavy atom. The van der Waals surface area contributed by atoms with E-state index < -0.39 is 0 Å². The lowest BCUT2D eigenvalue weighted by molar-refractivity contribution is -0.103. The van der Waals surface area contributed by atoms with Gasteiger partial charge in [-0.15, -0.1) is 0 Å². The van der Waals surface area contributed by atoms with E-state index in [2.05, 4.69) is 15.9 Å². The Morgan fingerprint density at radius 2 is 1.35 bits per heavy atom. The lowest BCUT2D eigenvalue weighted by Crippen LogP contribution is -2.51. The highest BCUT2D eigenvalue weighted by molar-refractivity contribution is 6.06. The van der Waals surface area contributed by atoms with E-state index in [1.807, 2.05) is 30.3 Å². The van der Waals surface area contributed by atoms with Crippen molar-refractivity contribution in [2.75, 3.05) is 26.2 Å². The number of hydrogen-bond donors (Lipinski definition) is 0. The predicted molar refractivity (Wildman–Crippen MR) is 95.1 cm³/mol. The summed E-state index contributed by atoms with van der Waals surface area (Å²) in [4.78, 5) is 16.8. The first kappa shape index (κ1) is 16.4. The molecule has 23 heavy (non-hydrogen) atoms. The Morgan fingerprint density at radius 3 is 1.83 bits per heavy atom. The van der Waals surface area contributed by atoms with Gasteiger partial charge in [0.2, 0.25) is 0 Å². The van der Waals surface area contributed by atoms with Crippen LogP contribution < -0.4 is 0 Å². The number of nitrogens with zero attached hydrogens (tertiary/aromatic N) is 2. The SMILES string of the molecule is O=CC(=CC(N1CCCCC1)N1CCCCC1)c1ccccc1. The Kier molecular flexibility index (Phi) is 6.00. The van der Waals surface area contributed by atoms with Gasteiger partial charge in [-0.3, -0.25) is 14.6 Å². The van der Waals surface area contributed by atoms with Crippen LogP contribution in [0.25, 0.3) is 5.57 Å². The molecule has 0 spiro atoms. The van der Waals surface area contributed by atoms with Gasteiger partial charge in [0, 0.05) is 5.57 Å². The second-order valence-electron chi connectivity index (χ2n) is 6.71. The Hall–Kier alpha value is -1.45.